The van der Waals surface area contributed by atoms with E-state index in [1.807, 2.05) is 11.8 Å². The summed E-state index contributed by atoms with van der Waals surface area (Å²) in [5.41, 5.74) is 0.0502. The van der Waals surface area contributed by atoms with Gasteiger partial charge in [-0.15, -0.1) is 0 Å². The van der Waals surface area contributed by atoms with E-state index < -0.39 is 12.4 Å². The molecule has 0 spiro atoms. The van der Waals surface area contributed by atoms with Gasteiger partial charge in [-0.3, -0.25) is 4.99 Å². The number of guanidine groups is 1. The summed E-state index contributed by atoms with van der Waals surface area (Å²) < 4.78 is 43.2. The normalized spacial score (nSPS) is 21.2. The Morgan fingerprint density at radius 3 is 2.83 bits per heavy atom. The van der Waals surface area contributed by atoms with Gasteiger partial charge < -0.3 is 15.4 Å². The largest absolute Gasteiger partial charge is 0.434 e. The quantitative estimate of drug-likeness (QED) is 0.602. The second-order valence-electron chi connectivity index (χ2n) is 5.53. The number of benzene rings is 1. The summed E-state index contributed by atoms with van der Waals surface area (Å²) in [6.45, 7) is -2.99. The Hall–Kier alpha value is -1.57. The van der Waals surface area contributed by atoms with Crippen LogP contribution in [0, 0.1) is 5.82 Å². The first-order chi connectivity index (χ1) is 11.5. The van der Waals surface area contributed by atoms with Crippen molar-refractivity contribution in [2.75, 3.05) is 13.3 Å². The van der Waals surface area contributed by atoms with Gasteiger partial charge in [-0.05, 0) is 37.7 Å². The molecule has 0 aromatic heterocycles. The molecule has 1 fully saturated rings. The van der Waals surface area contributed by atoms with Crippen molar-refractivity contribution in [2.45, 2.75) is 43.7 Å². The molecule has 2 N–H and O–H groups in total. The van der Waals surface area contributed by atoms with Crippen molar-refractivity contribution in [3.8, 4) is 5.75 Å². The maximum absolute atomic E-state index is 13.9. The van der Waals surface area contributed by atoms with Gasteiger partial charge in [0.25, 0.3) is 0 Å². The number of halogens is 3. The van der Waals surface area contributed by atoms with Crippen molar-refractivity contribution in [1.82, 2.24) is 10.6 Å². The van der Waals surface area contributed by atoms with Crippen LogP contribution in [-0.4, -0.2) is 37.2 Å². The van der Waals surface area contributed by atoms with Crippen molar-refractivity contribution in [2.24, 2.45) is 4.99 Å². The summed E-state index contributed by atoms with van der Waals surface area (Å²) in [7, 11) is 1.62. The molecule has 24 heavy (non-hydrogen) atoms. The third kappa shape index (κ3) is 5.22. The van der Waals surface area contributed by atoms with E-state index in [0.29, 0.717) is 17.3 Å². The molecule has 0 heterocycles. The Kier molecular flexibility index (Phi) is 7.08. The molecule has 8 heteroatoms. The molecular formula is C16H22F3N3OS. The SMILES string of the molecule is CN=C(NCc1c(F)cccc1OC(F)F)NC1CCC(SC)C1. The predicted octanol–water partition coefficient (Wildman–Crippen LogP) is 3.38. The molecule has 1 aromatic carbocycles. The molecule has 0 amide bonds. The first-order valence-corrected chi connectivity index (χ1v) is 9.04. The number of nitrogens with zero attached hydrogens (tertiary/aromatic N) is 1. The zero-order valence-electron chi connectivity index (χ0n) is 13.7. The lowest BCUT2D eigenvalue weighted by Gasteiger charge is -2.18. The van der Waals surface area contributed by atoms with Crippen LogP contribution in [-0.2, 0) is 6.54 Å². The highest BCUT2D eigenvalue weighted by Gasteiger charge is 2.24. The van der Waals surface area contributed by atoms with Crippen LogP contribution in [0.5, 0.6) is 5.75 Å². The number of aliphatic imine (C=N–C) groups is 1. The fourth-order valence-corrected chi connectivity index (χ4v) is 3.56. The molecule has 0 aliphatic heterocycles. The molecular weight excluding hydrogens is 339 g/mol. The van der Waals surface area contributed by atoms with E-state index >= 15 is 0 Å². The summed E-state index contributed by atoms with van der Waals surface area (Å²) in [6.07, 6.45) is 5.34. The summed E-state index contributed by atoms with van der Waals surface area (Å²) >= 11 is 1.85. The minimum absolute atomic E-state index is 0.00702. The number of thioether (sulfide) groups is 1. The van der Waals surface area contributed by atoms with Gasteiger partial charge in [-0.25, -0.2) is 4.39 Å². The monoisotopic (exact) mass is 361 g/mol. The minimum atomic E-state index is -3.00. The smallest absolute Gasteiger partial charge is 0.387 e. The number of hydrogen-bond acceptors (Lipinski definition) is 3. The van der Waals surface area contributed by atoms with Crippen molar-refractivity contribution in [3.63, 3.8) is 0 Å². The number of nitrogens with one attached hydrogen (secondary N) is 2. The third-order valence-electron chi connectivity index (χ3n) is 4.01. The minimum Gasteiger partial charge on any atom is -0.434 e. The molecule has 0 saturated heterocycles. The summed E-state index contributed by atoms with van der Waals surface area (Å²) in [5.74, 6) is -0.247. The van der Waals surface area contributed by atoms with E-state index in [0.717, 1.165) is 19.3 Å². The first kappa shape index (κ1) is 18.8. The lowest BCUT2D eigenvalue weighted by molar-refractivity contribution is -0.0506. The number of hydrogen-bond donors (Lipinski definition) is 2. The van der Waals surface area contributed by atoms with Gasteiger partial charge in [0.15, 0.2) is 5.96 Å². The van der Waals surface area contributed by atoms with E-state index in [9.17, 15) is 13.2 Å². The molecule has 1 saturated carbocycles. The Morgan fingerprint density at radius 1 is 1.42 bits per heavy atom. The van der Waals surface area contributed by atoms with Crippen LogP contribution in [0.4, 0.5) is 13.2 Å². The summed E-state index contributed by atoms with van der Waals surface area (Å²) in [6, 6.07) is 4.18. The maximum Gasteiger partial charge on any atom is 0.387 e. The van der Waals surface area contributed by atoms with E-state index in [1.54, 1.807) is 7.05 Å². The second kappa shape index (κ2) is 9.05. The molecule has 134 valence electrons. The maximum atomic E-state index is 13.9. The van der Waals surface area contributed by atoms with Gasteiger partial charge in [0.2, 0.25) is 0 Å². The lowest BCUT2D eigenvalue weighted by Crippen LogP contribution is -2.42. The van der Waals surface area contributed by atoms with E-state index in [-0.39, 0.29) is 17.9 Å². The second-order valence-corrected chi connectivity index (χ2v) is 6.67. The van der Waals surface area contributed by atoms with Crippen LogP contribution in [0.15, 0.2) is 23.2 Å². The standard InChI is InChI=1S/C16H22F3N3OS/c1-20-16(22-10-6-7-11(8-10)24-2)21-9-12-13(17)4-3-5-14(12)23-15(18)19/h3-5,10-11,15H,6-9H2,1-2H3,(H2,20,21,22). The van der Waals surface area contributed by atoms with Crippen LogP contribution >= 0.6 is 11.8 Å². The van der Waals surface area contributed by atoms with Gasteiger partial charge >= 0.3 is 6.61 Å². The molecule has 1 aliphatic carbocycles. The van der Waals surface area contributed by atoms with Gasteiger partial charge in [0, 0.05) is 30.4 Å². The van der Waals surface area contributed by atoms with Gasteiger partial charge in [0.1, 0.15) is 11.6 Å². The first-order valence-electron chi connectivity index (χ1n) is 7.75. The van der Waals surface area contributed by atoms with Crippen molar-refractivity contribution < 1.29 is 17.9 Å². The van der Waals surface area contributed by atoms with Crippen LogP contribution < -0.4 is 15.4 Å². The number of rotatable bonds is 6. The number of ether oxygens (including phenoxy) is 1. The average molecular weight is 361 g/mol. The van der Waals surface area contributed by atoms with Crippen LogP contribution in [0.25, 0.3) is 0 Å². The zero-order valence-corrected chi connectivity index (χ0v) is 14.5. The molecule has 1 aliphatic rings. The molecule has 1 aromatic rings. The fourth-order valence-electron chi connectivity index (χ4n) is 2.76. The van der Waals surface area contributed by atoms with E-state index in [1.165, 1.54) is 18.2 Å². The summed E-state index contributed by atoms with van der Waals surface area (Å²) in [4.78, 5) is 4.11. The highest BCUT2D eigenvalue weighted by Crippen LogP contribution is 2.28. The highest BCUT2D eigenvalue weighted by molar-refractivity contribution is 7.99. The Labute approximate surface area is 144 Å². The topological polar surface area (TPSA) is 45.7 Å². The lowest BCUT2D eigenvalue weighted by atomic mass is 10.2. The van der Waals surface area contributed by atoms with E-state index in [4.69, 9.17) is 0 Å². The van der Waals surface area contributed by atoms with Crippen LogP contribution in [0.3, 0.4) is 0 Å². The Balaban J connectivity index is 1.96. The van der Waals surface area contributed by atoms with E-state index in [2.05, 4.69) is 26.6 Å². The molecule has 2 rings (SSSR count). The van der Waals surface area contributed by atoms with Gasteiger partial charge in [-0.1, -0.05) is 6.07 Å². The Bertz CT molecular complexity index is 571. The zero-order chi connectivity index (χ0) is 17.5. The van der Waals surface area contributed by atoms with Crippen molar-refractivity contribution in [1.29, 1.82) is 0 Å². The molecule has 2 unspecified atom stereocenters. The third-order valence-corrected chi connectivity index (χ3v) is 5.10. The van der Waals surface area contributed by atoms with Crippen LogP contribution in [0.2, 0.25) is 0 Å². The highest BCUT2D eigenvalue weighted by atomic mass is 32.2. The van der Waals surface area contributed by atoms with Gasteiger partial charge in [0.05, 0.1) is 0 Å². The fraction of sp³-hybridized carbons (Fsp3) is 0.562. The predicted molar refractivity (Wildman–Crippen MR) is 91.3 cm³/mol. The van der Waals surface area contributed by atoms with Gasteiger partial charge in [-0.2, -0.15) is 20.5 Å². The van der Waals surface area contributed by atoms with Crippen molar-refractivity contribution in [3.05, 3.63) is 29.6 Å². The summed E-state index contributed by atoms with van der Waals surface area (Å²) in [5, 5.41) is 6.90. The van der Waals surface area contributed by atoms with Crippen molar-refractivity contribution >= 4 is 17.7 Å². The molecule has 0 radical (unpaired) electrons. The van der Waals surface area contributed by atoms with Crippen LogP contribution in [0.1, 0.15) is 24.8 Å². The number of alkyl halides is 2. The molecule has 0 bridgehead atoms. The molecule has 4 nitrogen and oxygen atoms in total. The average Bonchev–Trinajstić information content (AvgIpc) is 3.00. The molecule has 2 atom stereocenters. The Morgan fingerprint density at radius 2 is 2.21 bits per heavy atom.